The lowest BCUT2D eigenvalue weighted by molar-refractivity contribution is 0.0985. The van der Waals surface area contributed by atoms with E-state index in [2.05, 4.69) is 50.1 Å². The zero-order valence-electron chi connectivity index (χ0n) is 47.5. The lowest BCUT2D eigenvalue weighted by Gasteiger charge is -2.34. The summed E-state index contributed by atoms with van der Waals surface area (Å²) in [6.07, 6.45) is 8.61. The molecule has 434 valence electrons. The Morgan fingerprint density at radius 3 is 1.61 bits per heavy atom. The molecule has 0 radical (unpaired) electrons. The molecule has 0 bridgehead atoms. The summed E-state index contributed by atoms with van der Waals surface area (Å²) in [7, 11) is -8.48. The fourth-order valence-electron chi connectivity index (χ4n) is 10.7. The van der Waals surface area contributed by atoms with Crippen LogP contribution < -0.4 is 14.7 Å². The summed E-state index contributed by atoms with van der Waals surface area (Å²) in [5, 5.41) is 8.68. The minimum Gasteiger partial charge on any atom is -0.377 e. The van der Waals surface area contributed by atoms with Crippen molar-refractivity contribution in [3.8, 4) is 17.8 Å². The monoisotopic (exact) mass is 1180 g/mol. The van der Waals surface area contributed by atoms with Crippen LogP contribution in [0.25, 0.3) is 50.9 Å². The highest BCUT2D eigenvalue weighted by atomic mass is 32.2. The van der Waals surface area contributed by atoms with Gasteiger partial charge in [0, 0.05) is 79.0 Å². The SMILES string of the molecule is CCc1nc2cc(CS(C)(=O)=Nc3cc(N4CCOC[C@H]4C)nc(-n4cnc5cc(CS(C)(=O)=Nc6cc(N7CCOC[C@H]7C)nc(-n7nnc8ccccc87)n6)ccc54)n3)ccc2n1-c1nc(N=S(C)(C)=O)cc(N2CCOC[C@H]2C)n1. The summed E-state index contributed by atoms with van der Waals surface area (Å²) in [4.78, 5) is 45.7. The van der Waals surface area contributed by atoms with Gasteiger partial charge >= 0.3 is 0 Å². The molecule has 3 aliphatic heterocycles. The highest BCUT2D eigenvalue weighted by molar-refractivity contribution is 7.92. The standard InChI is InChI=1S/C55H65N19O6S3/c1-9-49-57-42-25-39(15-17-44(42)73(49)54-59-46(65-81(5,6)75)26-51(62-54)70-19-22-79-30-36(70)3)33-83(8,77)66-47-27-50(69-18-21-78-29-35(69)2)61-53(58-47)72-34-56-41-24-38(14-16-43(41)72)32-82(7,76)67-48-28-52(71-20-23-80-31-37(71)4)63-55(60-48)74-45-13-11-10-12-40(45)64-68-74/h10-17,24-28,34-37H,9,18-23,29-33H2,1-8H3/t35-,36-,37-,82?,83?/m1/s1. The van der Waals surface area contributed by atoms with Gasteiger partial charge in [-0.2, -0.15) is 47.7 Å². The second kappa shape index (κ2) is 22.5. The first-order chi connectivity index (χ1) is 39.8. The number of fused-ring (bicyclic) bond motifs is 3. The van der Waals surface area contributed by atoms with Gasteiger partial charge in [-0.3, -0.25) is 9.13 Å². The number of aromatic nitrogens is 13. The number of para-hydroxylation sites is 1. The third-order valence-corrected chi connectivity index (χ3v) is 18.0. The van der Waals surface area contributed by atoms with Crippen LogP contribution in [-0.4, -0.2) is 179 Å². The van der Waals surface area contributed by atoms with Gasteiger partial charge in [0.2, 0.25) is 11.9 Å². The summed E-state index contributed by atoms with van der Waals surface area (Å²) >= 11 is 0. The highest BCUT2D eigenvalue weighted by Crippen LogP contribution is 2.32. The fourth-order valence-corrected chi connectivity index (χ4v) is 13.9. The molecular formula is C55H65N19O6S3. The molecule has 9 heterocycles. The van der Waals surface area contributed by atoms with Crippen LogP contribution in [0.3, 0.4) is 0 Å². The quantitative estimate of drug-likeness (QED) is 0.107. The summed E-state index contributed by atoms with van der Waals surface area (Å²) in [6.45, 7) is 13.2. The van der Waals surface area contributed by atoms with Gasteiger partial charge in [0.05, 0.1) is 116 Å². The number of imidazole rings is 2. The Hall–Kier alpha value is -7.63. The summed E-state index contributed by atoms with van der Waals surface area (Å²) in [6, 6.07) is 24.4. The Kier molecular flexibility index (Phi) is 15.2. The average molecular weight is 1180 g/mol. The smallest absolute Gasteiger partial charge is 0.256 e. The van der Waals surface area contributed by atoms with Gasteiger partial charge in [-0.1, -0.05) is 36.4 Å². The van der Waals surface area contributed by atoms with E-state index in [4.69, 9.17) is 62.8 Å². The topological polar surface area (TPSA) is 269 Å². The van der Waals surface area contributed by atoms with Gasteiger partial charge in [-0.05, 0) is 68.3 Å². The molecule has 0 N–H and O–H groups in total. The van der Waals surface area contributed by atoms with E-state index >= 15 is 0 Å². The van der Waals surface area contributed by atoms with Gasteiger partial charge < -0.3 is 28.9 Å². The van der Waals surface area contributed by atoms with Gasteiger partial charge in [-0.15, -0.1) is 5.10 Å². The Morgan fingerprint density at radius 2 is 1.05 bits per heavy atom. The van der Waals surface area contributed by atoms with Crippen molar-refractivity contribution in [1.29, 1.82) is 0 Å². The van der Waals surface area contributed by atoms with Crippen LogP contribution >= 0.6 is 0 Å². The zero-order chi connectivity index (χ0) is 57.8. The predicted molar refractivity (Wildman–Crippen MR) is 322 cm³/mol. The Bertz CT molecular complexity index is 4360. The molecule has 9 aromatic rings. The van der Waals surface area contributed by atoms with Crippen molar-refractivity contribution < 1.29 is 26.8 Å². The Morgan fingerprint density at radius 1 is 0.542 bits per heavy atom. The second-order valence-corrected chi connectivity index (χ2v) is 29.0. The van der Waals surface area contributed by atoms with E-state index in [-0.39, 0.29) is 53.2 Å². The molecule has 6 aromatic heterocycles. The molecule has 0 aliphatic carbocycles. The van der Waals surface area contributed by atoms with Crippen molar-refractivity contribution in [1.82, 2.24) is 64.0 Å². The Balaban J connectivity index is 0.849. The van der Waals surface area contributed by atoms with Crippen LogP contribution in [0.15, 0.2) is 98.3 Å². The van der Waals surface area contributed by atoms with Crippen molar-refractivity contribution in [2.45, 2.75) is 63.7 Å². The largest absolute Gasteiger partial charge is 0.377 e. The maximum Gasteiger partial charge on any atom is 0.256 e. The molecule has 3 aromatic carbocycles. The normalized spacial score (nSPS) is 19.5. The van der Waals surface area contributed by atoms with Crippen molar-refractivity contribution in [3.05, 3.63) is 102 Å². The number of hydrogen-bond donors (Lipinski definition) is 0. The maximum atomic E-state index is 14.8. The molecule has 3 saturated heterocycles. The van der Waals surface area contributed by atoms with Crippen LogP contribution in [-0.2, 0) is 61.3 Å². The van der Waals surface area contributed by atoms with Crippen molar-refractivity contribution >= 4 is 97.2 Å². The van der Waals surface area contributed by atoms with Crippen LogP contribution in [0.2, 0.25) is 0 Å². The minimum atomic E-state index is -2.99. The molecule has 83 heavy (non-hydrogen) atoms. The minimum absolute atomic E-state index is 0.0105. The van der Waals surface area contributed by atoms with Crippen LogP contribution in [0.4, 0.5) is 34.9 Å². The van der Waals surface area contributed by atoms with E-state index in [0.717, 1.165) is 22.2 Å². The molecule has 5 atom stereocenters. The van der Waals surface area contributed by atoms with Gasteiger partial charge in [0.25, 0.3) is 5.95 Å². The zero-order valence-corrected chi connectivity index (χ0v) is 49.9. The number of rotatable bonds is 14. The molecule has 0 amide bonds. The lowest BCUT2D eigenvalue weighted by Crippen LogP contribution is -2.44. The number of anilines is 3. The van der Waals surface area contributed by atoms with E-state index in [1.807, 2.05) is 72.2 Å². The summed E-state index contributed by atoms with van der Waals surface area (Å²) in [5.74, 6) is 4.52. The number of morpholine rings is 3. The third-order valence-electron chi connectivity index (χ3n) is 14.5. The molecule has 25 nitrogen and oxygen atoms in total. The molecule has 0 saturated carbocycles. The van der Waals surface area contributed by atoms with Crippen LogP contribution in [0, 0.1) is 0 Å². The first-order valence-corrected chi connectivity index (χ1v) is 33.9. The van der Waals surface area contributed by atoms with E-state index in [9.17, 15) is 12.6 Å². The molecule has 28 heteroatoms. The molecular weight excluding hydrogens is 1120 g/mol. The van der Waals surface area contributed by atoms with E-state index < -0.39 is 29.2 Å². The molecule has 3 aliphatic rings. The number of ether oxygens (including phenoxy) is 3. The Labute approximate surface area is 481 Å². The van der Waals surface area contributed by atoms with Gasteiger partial charge in [-0.25, -0.2) is 22.6 Å². The summed E-state index contributed by atoms with van der Waals surface area (Å²) in [5.41, 5.74) is 5.66. The van der Waals surface area contributed by atoms with E-state index in [0.29, 0.717) is 123 Å². The molecule has 2 unspecified atom stereocenters. The van der Waals surface area contributed by atoms with Gasteiger partial charge in [0.15, 0.2) is 17.5 Å². The van der Waals surface area contributed by atoms with Crippen LogP contribution in [0.5, 0.6) is 0 Å². The van der Waals surface area contributed by atoms with E-state index in [1.54, 1.807) is 58.8 Å². The molecule has 12 rings (SSSR count). The fraction of sp³-hybridized carbons (Fsp3) is 0.418. The number of nitrogens with zero attached hydrogens (tertiary/aromatic N) is 19. The van der Waals surface area contributed by atoms with Crippen LogP contribution in [0.1, 0.15) is 44.6 Å². The predicted octanol–water partition coefficient (Wildman–Crippen LogP) is 6.92. The average Bonchev–Trinajstić information content (AvgIpc) is 4.37. The van der Waals surface area contributed by atoms with E-state index in [1.165, 1.54) is 0 Å². The van der Waals surface area contributed by atoms with Crippen molar-refractivity contribution in [2.24, 2.45) is 13.1 Å². The van der Waals surface area contributed by atoms with Crippen molar-refractivity contribution in [3.63, 3.8) is 0 Å². The first kappa shape index (κ1) is 55.9. The third kappa shape index (κ3) is 12.1. The van der Waals surface area contributed by atoms with Gasteiger partial charge in [0.1, 0.15) is 35.1 Å². The highest BCUT2D eigenvalue weighted by Gasteiger charge is 2.27. The number of aryl methyl sites for hydroxylation is 1. The number of hydrogen-bond acceptors (Lipinski definition) is 22. The molecule has 3 fully saturated rings. The summed E-state index contributed by atoms with van der Waals surface area (Å²) < 4.78 is 78.9. The number of benzene rings is 3. The molecule has 0 spiro atoms. The maximum absolute atomic E-state index is 14.8. The lowest BCUT2D eigenvalue weighted by atomic mass is 10.2. The second-order valence-electron chi connectivity index (χ2n) is 21.6. The first-order valence-electron chi connectivity index (χ1n) is 27.4. The van der Waals surface area contributed by atoms with Crippen molar-refractivity contribution in [2.75, 3.05) is 99.0 Å².